The maximum absolute atomic E-state index is 11.5. The number of hydrogen-bond donors (Lipinski definition) is 1. The van der Waals surface area contributed by atoms with Crippen LogP contribution in [0, 0.1) is 0 Å². The molecule has 6 heteroatoms. The van der Waals surface area contributed by atoms with Crippen LogP contribution in [-0.2, 0) is 16.0 Å². The van der Waals surface area contributed by atoms with E-state index in [9.17, 15) is 9.90 Å². The number of Topliss-reactive ketones (excluding diaryl/α,β-unsaturated/α-hetero) is 1. The molecule has 140 valence electrons. The number of phenols is 1. The smallest absolute Gasteiger partial charge is 0.195 e. The Bertz CT molecular complexity index is 764. The topological polar surface area (TPSA) is 55.8 Å². The van der Waals surface area contributed by atoms with Crippen molar-refractivity contribution in [1.29, 1.82) is 0 Å². The molecule has 4 nitrogen and oxygen atoms in total. The van der Waals surface area contributed by atoms with Crippen LogP contribution < -0.4 is 4.74 Å². The number of ether oxygens (including phenoxy) is 2. The van der Waals surface area contributed by atoms with Crippen LogP contribution in [0.5, 0.6) is 11.5 Å². The van der Waals surface area contributed by atoms with Gasteiger partial charge in [0.1, 0.15) is 24.7 Å². The Balaban J connectivity index is 2.18. The zero-order valence-electron chi connectivity index (χ0n) is 15.0. The molecule has 0 spiro atoms. The van der Waals surface area contributed by atoms with E-state index in [1.165, 1.54) is 7.11 Å². The van der Waals surface area contributed by atoms with Crippen LogP contribution >= 0.6 is 31.9 Å². The molecule has 0 aromatic heterocycles. The SMILES string of the molecule is COCC(=O)COc1cc(Br)c(Cc2ccc(O)c(C(C)C)c2)c(Br)c1. The molecule has 0 aliphatic carbocycles. The number of hydrogen-bond acceptors (Lipinski definition) is 4. The Morgan fingerprint density at radius 3 is 2.35 bits per heavy atom. The van der Waals surface area contributed by atoms with Gasteiger partial charge in [0.05, 0.1) is 0 Å². The van der Waals surface area contributed by atoms with Gasteiger partial charge >= 0.3 is 0 Å². The second-order valence-corrected chi connectivity index (χ2v) is 8.06. The molecule has 0 heterocycles. The number of ketones is 1. The third-order valence-corrected chi connectivity index (χ3v) is 5.33. The largest absolute Gasteiger partial charge is 0.508 e. The van der Waals surface area contributed by atoms with Gasteiger partial charge in [-0.05, 0) is 47.2 Å². The summed E-state index contributed by atoms with van der Waals surface area (Å²) in [6, 6.07) is 9.40. The highest BCUT2D eigenvalue weighted by atomic mass is 79.9. The molecule has 0 aliphatic heterocycles. The average Bonchev–Trinajstić information content (AvgIpc) is 2.57. The zero-order chi connectivity index (χ0) is 19.3. The van der Waals surface area contributed by atoms with Crippen LogP contribution in [0.4, 0.5) is 0 Å². The minimum absolute atomic E-state index is 0.0260. The highest BCUT2D eigenvalue weighted by Gasteiger charge is 2.13. The monoisotopic (exact) mass is 484 g/mol. The van der Waals surface area contributed by atoms with E-state index in [-0.39, 0.29) is 24.9 Å². The van der Waals surface area contributed by atoms with Crippen LogP contribution in [0.1, 0.15) is 36.5 Å². The van der Waals surface area contributed by atoms with E-state index >= 15 is 0 Å². The first kappa shape index (κ1) is 20.9. The fourth-order valence-corrected chi connectivity index (χ4v) is 4.00. The van der Waals surface area contributed by atoms with E-state index in [4.69, 9.17) is 9.47 Å². The molecule has 2 aromatic rings. The quantitative estimate of drug-likeness (QED) is 0.556. The summed E-state index contributed by atoms with van der Waals surface area (Å²) in [7, 11) is 1.48. The van der Waals surface area contributed by atoms with Crippen molar-refractivity contribution in [3.63, 3.8) is 0 Å². The van der Waals surface area contributed by atoms with Gasteiger partial charge in [0.25, 0.3) is 0 Å². The lowest BCUT2D eigenvalue weighted by molar-refractivity contribution is -0.124. The van der Waals surface area contributed by atoms with Gasteiger partial charge in [-0.1, -0.05) is 57.8 Å². The van der Waals surface area contributed by atoms with Gasteiger partial charge < -0.3 is 14.6 Å². The Morgan fingerprint density at radius 2 is 1.77 bits per heavy atom. The van der Waals surface area contributed by atoms with Crippen LogP contribution in [0.25, 0.3) is 0 Å². The third-order valence-electron chi connectivity index (χ3n) is 3.91. The van der Waals surface area contributed by atoms with Crippen molar-refractivity contribution >= 4 is 37.6 Å². The predicted molar refractivity (Wildman–Crippen MR) is 109 cm³/mol. The molecule has 2 aromatic carbocycles. The fraction of sp³-hybridized carbons (Fsp3) is 0.350. The molecular formula is C20H22Br2O4. The number of halogens is 2. The molecule has 2 rings (SSSR count). The fourth-order valence-electron chi connectivity index (χ4n) is 2.58. The lowest BCUT2D eigenvalue weighted by Gasteiger charge is -2.14. The second kappa shape index (κ2) is 9.53. The van der Waals surface area contributed by atoms with Gasteiger partial charge in [-0.15, -0.1) is 0 Å². The lowest BCUT2D eigenvalue weighted by atomic mass is 9.96. The van der Waals surface area contributed by atoms with Gasteiger partial charge in [0, 0.05) is 16.1 Å². The first-order chi connectivity index (χ1) is 12.3. The first-order valence-corrected chi connectivity index (χ1v) is 9.83. The van der Waals surface area contributed by atoms with Gasteiger partial charge in [0.2, 0.25) is 0 Å². The first-order valence-electron chi connectivity index (χ1n) is 8.25. The molecule has 0 aliphatic rings. The van der Waals surface area contributed by atoms with Crippen molar-refractivity contribution in [2.75, 3.05) is 20.3 Å². The summed E-state index contributed by atoms with van der Waals surface area (Å²) in [4.78, 5) is 11.5. The van der Waals surface area contributed by atoms with E-state index < -0.39 is 0 Å². The van der Waals surface area contributed by atoms with Crippen LogP contribution in [0.3, 0.4) is 0 Å². The molecular weight excluding hydrogens is 464 g/mol. The molecule has 0 bridgehead atoms. The molecule has 0 radical (unpaired) electrons. The minimum atomic E-state index is -0.117. The van der Waals surface area contributed by atoms with Gasteiger partial charge in [0.15, 0.2) is 5.78 Å². The van der Waals surface area contributed by atoms with Gasteiger partial charge in [-0.3, -0.25) is 4.79 Å². The van der Waals surface area contributed by atoms with Crippen molar-refractivity contribution in [2.24, 2.45) is 0 Å². The van der Waals surface area contributed by atoms with Crippen LogP contribution in [0.2, 0.25) is 0 Å². The molecule has 0 fully saturated rings. The Morgan fingerprint density at radius 1 is 1.12 bits per heavy atom. The predicted octanol–water partition coefficient (Wildman–Crippen LogP) is 5.23. The van der Waals surface area contributed by atoms with E-state index in [0.29, 0.717) is 17.9 Å². The summed E-state index contributed by atoms with van der Waals surface area (Å²) >= 11 is 7.17. The van der Waals surface area contributed by atoms with E-state index in [2.05, 4.69) is 45.7 Å². The summed E-state index contributed by atoms with van der Waals surface area (Å²) in [6.07, 6.45) is 0.698. The number of aromatic hydroxyl groups is 1. The number of carbonyl (C=O) groups is 1. The lowest BCUT2D eigenvalue weighted by Crippen LogP contribution is -2.16. The highest BCUT2D eigenvalue weighted by molar-refractivity contribution is 9.11. The minimum Gasteiger partial charge on any atom is -0.508 e. The van der Waals surface area contributed by atoms with E-state index in [1.807, 2.05) is 24.3 Å². The normalized spacial score (nSPS) is 11.0. The second-order valence-electron chi connectivity index (χ2n) is 6.35. The summed E-state index contributed by atoms with van der Waals surface area (Å²) in [5.41, 5.74) is 3.11. The summed E-state index contributed by atoms with van der Waals surface area (Å²) in [5.74, 6) is 1.06. The number of phenolic OH excluding ortho intramolecular Hbond substituents is 1. The molecule has 0 saturated carbocycles. The number of benzene rings is 2. The molecule has 1 N–H and O–H groups in total. The summed E-state index contributed by atoms with van der Waals surface area (Å²) in [5, 5.41) is 9.99. The third kappa shape index (κ3) is 5.56. The molecule has 0 atom stereocenters. The van der Waals surface area contributed by atoms with E-state index in [1.54, 1.807) is 6.07 Å². The maximum Gasteiger partial charge on any atom is 0.195 e. The molecule has 0 amide bonds. The van der Waals surface area contributed by atoms with Crippen molar-refractivity contribution in [2.45, 2.75) is 26.2 Å². The zero-order valence-corrected chi connectivity index (χ0v) is 18.2. The van der Waals surface area contributed by atoms with E-state index in [0.717, 1.165) is 25.6 Å². The number of carbonyl (C=O) groups excluding carboxylic acids is 1. The Hall–Kier alpha value is -1.37. The van der Waals surface area contributed by atoms with Crippen molar-refractivity contribution < 1.29 is 19.4 Å². The maximum atomic E-state index is 11.5. The van der Waals surface area contributed by atoms with Gasteiger partial charge in [-0.25, -0.2) is 0 Å². The van der Waals surface area contributed by atoms with Crippen LogP contribution in [0.15, 0.2) is 39.3 Å². The average molecular weight is 486 g/mol. The summed E-state index contributed by atoms with van der Waals surface area (Å²) < 4.78 is 12.1. The molecule has 0 saturated heterocycles. The van der Waals surface area contributed by atoms with Crippen LogP contribution in [-0.4, -0.2) is 31.2 Å². The Labute approximate surface area is 170 Å². The standard InChI is InChI=1S/C20H22Br2O4/c1-12(2)16-6-13(4-5-20(16)24)7-17-18(21)8-15(9-19(17)22)26-11-14(23)10-25-3/h4-6,8-9,12,24H,7,10-11H2,1-3H3. The van der Waals surface area contributed by atoms with Gasteiger partial charge in [-0.2, -0.15) is 0 Å². The van der Waals surface area contributed by atoms with Crippen molar-refractivity contribution in [3.8, 4) is 11.5 Å². The molecule has 26 heavy (non-hydrogen) atoms. The van der Waals surface area contributed by atoms with Crippen molar-refractivity contribution in [1.82, 2.24) is 0 Å². The molecule has 0 unspecified atom stereocenters. The number of methoxy groups -OCH3 is 1. The summed E-state index contributed by atoms with van der Waals surface area (Å²) in [6.45, 7) is 4.13. The Kier molecular flexibility index (Phi) is 7.68. The van der Waals surface area contributed by atoms with Crippen molar-refractivity contribution in [3.05, 3.63) is 56.0 Å². The highest BCUT2D eigenvalue weighted by Crippen LogP contribution is 2.34. The number of rotatable bonds is 8.